The first kappa shape index (κ1) is 55.1. The van der Waals surface area contributed by atoms with E-state index in [0.29, 0.717) is 50.3 Å². The Bertz CT molecular complexity index is 2840. The molecule has 3 aliphatic rings. The van der Waals surface area contributed by atoms with Gasteiger partial charge in [0.25, 0.3) is 11.8 Å². The maximum Gasteiger partial charge on any atom is 0.494 e. The molecule has 0 aliphatic carbocycles. The zero-order chi connectivity index (χ0) is 54.4. The SMILES string of the molecule is CN(C(=O)c1cc(BOC(C)(C)C(C)(C)O)cc(B2OC(C)(C)C(C)(C)O2)c1)c1ccc(-c2cc(-c3ccc(N(C)C(=O)c4cc(B5OC(C)(C)C(C)(C)O5)cc(B5OC(C)(C)C(C)(C)O5)c4)cc3)ncn2)cc1. The van der Waals surface area contributed by atoms with Gasteiger partial charge in [-0.25, -0.2) is 9.97 Å². The Hall–Kier alpha value is -5.16. The fourth-order valence-electron chi connectivity index (χ4n) is 8.52. The van der Waals surface area contributed by atoms with Crippen LogP contribution in [0.4, 0.5) is 11.4 Å². The smallest absolute Gasteiger partial charge is 0.427 e. The van der Waals surface area contributed by atoms with Gasteiger partial charge in [0.1, 0.15) is 6.33 Å². The third kappa shape index (κ3) is 10.7. The van der Waals surface area contributed by atoms with E-state index in [0.717, 1.165) is 16.6 Å². The second-order valence-corrected chi connectivity index (χ2v) is 24.1. The number of anilines is 2. The van der Waals surface area contributed by atoms with Crippen LogP contribution in [0.15, 0.2) is 97.3 Å². The van der Waals surface area contributed by atoms with Gasteiger partial charge in [-0.3, -0.25) is 9.59 Å². The Balaban J connectivity index is 0.991. The first-order valence-electron chi connectivity index (χ1n) is 25.4. The monoisotopic (exact) mass is 1000 g/mol. The van der Waals surface area contributed by atoms with Crippen LogP contribution in [0.25, 0.3) is 22.5 Å². The summed E-state index contributed by atoms with van der Waals surface area (Å²) in [5.74, 6) is -0.466. The van der Waals surface area contributed by atoms with Crippen LogP contribution >= 0.6 is 0 Å². The van der Waals surface area contributed by atoms with E-state index in [4.69, 9.17) is 32.6 Å². The molecule has 388 valence electrons. The molecule has 0 bridgehead atoms. The molecular formula is C56H72B4N4O10. The third-order valence-electron chi connectivity index (χ3n) is 16.5. The van der Waals surface area contributed by atoms with E-state index >= 15 is 0 Å². The number of nitrogens with zero attached hydrogens (tertiary/aromatic N) is 4. The Morgan fingerprint density at radius 2 is 0.838 bits per heavy atom. The van der Waals surface area contributed by atoms with Crippen molar-refractivity contribution in [2.75, 3.05) is 23.9 Å². The van der Waals surface area contributed by atoms with Crippen molar-refractivity contribution in [1.29, 1.82) is 0 Å². The average molecular weight is 1000 g/mol. The Kier molecular flexibility index (Phi) is 14.2. The molecule has 4 aromatic carbocycles. The summed E-state index contributed by atoms with van der Waals surface area (Å²) in [4.78, 5) is 41.1. The molecule has 3 aliphatic heterocycles. The van der Waals surface area contributed by atoms with E-state index < -0.39 is 66.2 Å². The molecule has 1 aromatic heterocycles. The lowest BCUT2D eigenvalue weighted by Gasteiger charge is -2.37. The van der Waals surface area contributed by atoms with E-state index in [1.54, 1.807) is 37.7 Å². The summed E-state index contributed by atoms with van der Waals surface area (Å²) in [5.41, 5.74) is 2.64. The number of amides is 2. The zero-order valence-electron chi connectivity index (χ0n) is 46.6. The highest BCUT2D eigenvalue weighted by atomic mass is 16.7. The van der Waals surface area contributed by atoms with Gasteiger partial charge in [0.2, 0.25) is 0 Å². The van der Waals surface area contributed by atoms with E-state index in [1.165, 1.54) is 6.33 Å². The lowest BCUT2D eigenvalue weighted by molar-refractivity contribution is -0.0893. The number of benzene rings is 4. The fraction of sp³-hybridized carbons (Fsp3) is 0.464. The van der Waals surface area contributed by atoms with Gasteiger partial charge in [-0.1, -0.05) is 47.9 Å². The number of aromatic nitrogens is 2. The summed E-state index contributed by atoms with van der Waals surface area (Å²) in [6.45, 7) is 31.1. The zero-order valence-corrected chi connectivity index (χ0v) is 46.6. The van der Waals surface area contributed by atoms with Crippen LogP contribution in [0.2, 0.25) is 0 Å². The molecule has 0 saturated carbocycles. The maximum absolute atomic E-state index is 14.4. The highest BCUT2D eigenvalue weighted by Gasteiger charge is 2.55. The molecule has 5 aromatic rings. The molecule has 0 unspecified atom stereocenters. The lowest BCUT2D eigenvalue weighted by Crippen LogP contribution is -2.49. The van der Waals surface area contributed by atoms with Crippen LogP contribution < -0.4 is 31.7 Å². The molecule has 0 radical (unpaired) electrons. The normalized spacial score (nSPS) is 19.4. The van der Waals surface area contributed by atoms with Crippen molar-refractivity contribution in [2.24, 2.45) is 0 Å². The summed E-state index contributed by atoms with van der Waals surface area (Å²) < 4.78 is 44.8. The first-order valence-corrected chi connectivity index (χ1v) is 25.4. The van der Waals surface area contributed by atoms with E-state index in [9.17, 15) is 14.7 Å². The predicted octanol–water partition coefficient (Wildman–Crippen LogP) is 6.80. The minimum absolute atomic E-state index is 0.150. The van der Waals surface area contributed by atoms with E-state index in [2.05, 4.69) is 9.97 Å². The van der Waals surface area contributed by atoms with Crippen LogP contribution in [0.3, 0.4) is 0 Å². The molecule has 14 nitrogen and oxygen atoms in total. The molecular weight excluding hydrogens is 932 g/mol. The number of rotatable bonds is 13. The summed E-state index contributed by atoms with van der Waals surface area (Å²) in [6, 6.07) is 28.3. The fourth-order valence-corrected chi connectivity index (χ4v) is 8.52. The maximum atomic E-state index is 14.4. The van der Waals surface area contributed by atoms with E-state index in [-0.39, 0.29) is 19.3 Å². The Labute approximate surface area is 439 Å². The molecule has 8 rings (SSSR count). The molecule has 4 heterocycles. The van der Waals surface area contributed by atoms with Gasteiger partial charge in [-0.05, 0) is 176 Å². The van der Waals surface area contributed by atoms with Gasteiger partial charge < -0.3 is 47.5 Å². The molecule has 0 spiro atoms. The van der Waals surface area contributed by atoms with Gasteiger partial charge in [0.05, 0.1) is 56.2 Å². The van der Waals surface area contributed by atoms with Crippen molar-refractivity contribution in [3.05, 3.63) is 108 Å². The lowest BCUT2D eigenvalue weighted by atomic mass is 9.71. The van der Waals surface area contributed by atoms with Crippen molar-refractivity contribution in [3.63, 3.8) is 0 Å². The second kappa shape index (κ2) is 19.1. The van der Waals surface area contributed by atoms with Crippen LogP contribution in [0.1, 0.15) is 131 Å². The van der Waals surface area contributed by atoms with Crippen LogP contribution in [0.5, 0.6) is 0 Å². The quantitative estimate of drug-likeness (QED) is 0.124. The highest BCUT2D eigenvalue weighted by molar-refractivity contribution is 6.66. The highest BCUT2D eigenvalue weighted by Crippen LogP contribution is 2.39. The average Bonchev–Trinajstić information content (AvgIpc) is 3.81. The van der Waals surface area contributed by atoms with Crippen LogP contribution in [-0.4, -0.2) is 115 Å². The number of carbonyl (C=O) groups is 2. The Morgan fingerprint density at radius 3 is 1.18 bits per heavy atom. The van der Waals surface area contributed by atoms with Gasteiger partial charge >= 0.3 is 28.8 Å². The number of hydrogen-bond acceptors (Lipinski definition) is 12. The minimum Gasteiger partial charge on any atom is -0.427 e. The first-order chi connectivity index (χ1) is 34.1. The van der Waals surface area contributed by atoms with Crippen LogP contribution in [0, 0.1) is 0 Å². The number of hydrogen-bond donors (Lipinski definition) is 1. The van der Waals surface area contributed by atoms with Crippen molar-refractivity contribution in [3.8, 4) is 22.5 Å². The van der Waals surface area contributed by atoms with Gasteiger partial charge in [0.15, 0.2) is 0 Å². The topological polar surface area (TPSA) is 151 Å². The number of carbonyl (C=O) groups excluding carboxylic acids is 2. The molecule has 1 N–H and O–H groups in total. The molecule has 3 fully saturated rings. The van der Waals surface area contributed by atoms with Crippen molar-refractivity contribution >= 4 is 73.9 Å². The summed E-state index contributed by atoms with van der Waals surface area (Å²) in [7, 11) is 1.52. The van der Waals surface area contributed by atoms with Crippen molar-refractivity contribution in [1.82, 2.24) is 9.97 Å². The van der Waals surface area contributed by atoms with Crippen LogP contribution in [-0.2, 0) is 32.6 Å². The largest absolute Gasteiger partial charge is 0.494 e. The van der Waals surface area contributed by atoms with Gasteiger partial charge in [0, 0.05) is 47.7 Å². The molecule has 0 atom stereocenters. The van der Waals surface area contributed by atoms with Crippen molar-refractivity contribution in [2.45, 2.75) is 156 Å². The summed E-state index contributed by atoms with van der Waals surface area (Å²) >= 11 is 0. The molecule has 18 heteroatoms. The molecule has 74 heavy (non-hydrogen) atoms. The van der Waals surface area contributed by atoms with Gasteiger partial charge in [-0.15, -0.1) is 0 Å². The standard InChI is InChI=1S/C56H72B4N4O10/c1-49(2,67)50(3,4)68-57-39-27-37(28-40(31-39)58-69-51(5,6)52(7,8)70-58)47(65)63(17)43-23-19-35(20-24-43)45-33-46(62-34-61-45)36-21-25-44(26-22-36)64(18)48(66)38-29-41(59-71-53(9,10)54(11,12)72-59)32-42(30-38)60-73-55(13,14)56(15,16)74-60/h19-34,57,67H,1-18H3. The Morgan fingerprint density at radius 1 is 0.514 bits per heavy atom. The molecule has 2 amide bonds. The minimum atomic E-state index is -1.11. The van der Waals surface area contributed by atoms with Crippen molar-refractivity contribution < 1.29 is 47.3 Å². The molecule has 3 saturated heterocycles. The third-order valence-corrected chi connectivity index (χ3v) is 16.5. The van der Waals surface area contributed by atoms with Gasteiger partial charge in [-0.2, -0.15) is 0 Å². The second-order valence-electron chi connectivity index (χ2n) is 24.1. The number of aliphatic hydroxyl groups is 1. The summed E-state index contributed by atoms with van der Waals surface area (Å²) in [5, 5.41) is 10.8. The summed E-state index contributed by atoms with van der Waals surface area (Å²) in [6.07, 6.45) is 1.53. The van der Waals surface area contributed by atoms with E-state index in [1.807, 2.05) is 188 Å². The predicted molar refractivity (Wildman–Crippen MR) is 297 cm³/mol.